The van der Waals surface area contributed by atoms with Crippen LogP contribution in [0.5, 0.6) is 0 Å². The van der Waals surface area contributed by atoms with Gasteiger partial charge in [-0.3, -0.25) is 4.79 Å². The first-order valence-corrected chi connectivity index (χ1v) is 6.37. The molecule has 2 aromatic carbocycles. The zero-order valence-electron chi connectivity index (χ0n) is 10.5. The van der Waals surface area contributed by atoms with Crippen LogP contribution in [0.4, 0.5) is 5.69 Å². The first-order chi connectivity index (χ1) is 9.22. The van der Waals surface area contributed by atoms with Crippen LogP contribution in [0.1, 0.15) is 22.8 Å². The molecule has 1 amide bonds. The Morgan fingerprint density at radius 3 is 2.74 bits per heavy atom. The Morgan fingerprint density at radius 1 is 1.16 bits per heavy atom. The van der Waals surface area contributed by atoms with Crippen LogP contribution < -0.4 is 5.32 Å². The molecule has 1 heterocycles. The molecule has 96 valence electrons. The van der Waals surface area contributed by atoms with Crippen molar-refractivity contribution in [3.63, 3.8) is 0 Å². The van der Waals surface area contributed by atoms with Gasteiger partial charge in [0, 0.05) is 12.1 Å². The number of benzene rings is 2. The van der Waals surface area contributed by atoms with Gasteiger partial charge in [-0.25, -0.2) is 0 Å². The topological polar surface area (TPSA) is 49.3 Å². The van der Waals surface area contributed by atoms with Crippen molar-refractivity contribution in [2.24, 2.45) is 0 Å². The third kappa shape index (κ3) is 2.51. The van der Waals surface area contributed by atoms with Crippen LogP contribution in [0, 0.1) is 0 Å². The molecule has 0 aliphatic carbocycles. The monoisotopic (exact) mass is 253 g/mol. The maximum absolute atomic E-state index is 11.3. The smallest absolute Gasteiger partial charge is 0.228 e. The molecule has 1 aliphatic heterocycles. The zero-order valence-corrected chi connectivity index (χ0v) is 10.5. The van der Waals surface area contributed by atoms with Gasteiger partial charge < -0.3 is 10.4 Å². The summed E-state index contributed by atoms with van der Waals surface area (Å²) in [6.07, 6.45) is 0.450. The average molecular weight is 253 g/mol. The second kappa shape index (κ2) is 4.86. The van der Waals surface area contributed by atoms with E-state index < -0.39 is 6.10 Å². The van der Waals surface area contributed by atoms with Crippen LogP contribution in [0.3, 0.4) is 0 Å². The minimum Gasteiger partial charge on any atom is -0.388 e. The van der Waals surface area contributed by atoms with E-state index in [1.165, 1.54) is 0 Å². The van der Waals surface area contributed by atoms with Crippen LogP contribution in [-0.2, 0) is 17.6 Å². The van der Waals surface area contributed by atoms with Crippen molar-refractivity contribution < 1.29 is 9.90 Å². The SMILES string of the molecule is O=C1Cc2cc(C(O)Cc3ccccc3)ccc2N1. The van der Waals surface area contributed by atoms with E-state index in [0.717, 1.165) is 22.4 Å². The molecule has 0 radical (unpaired) electrons. The highest BCUT2D eigenvalue weighted by Gasteiger charge is 2.19. The van der Waals surface area contributed by atoms with Gasteiger partial charge in [-0.15, -0.1) is 0 Å². The Morgan fingerprint density at radius 2 is 1.95 bits per heavy atom. The summed E-state index contributed by atoms with van der Waals surface area (Å²) in [5.41, 5.74) is 3.79. The minimum absolute atomic E-state index is 0.0182. The molecule has 2 aromatic rings. The molecule has 0 fully saturated rings. The number of nitrogens with one attached hydrogen (secondary N) is 1. The molecule has 1 aliphatic rings. The summed E-state index contributed by atoms with van der Waals surface area (Å²) in [6, 6.07) is 15.6. The Labute approximate surface area is 111 Å². The number of hydrogen-bond acceptors (Lipinski definition) is 2. The summed E-state index contributed by atoms with van der Waals surface area (Å²) in [5, 5.41) is 13.1. The normalized spacial score (nSPS) is 14.9. The number of anilines is 1. The van der Waals surface area contributed by atoms with Crippen LogP contribution in [0.15, 0.2) is 48.5 Å². The third-order valence-electron chi connectivity index (χ3n) is 3.41. The van der Waals surface area contributed by atoms with Crippen molar-refractivity contribution in [1.29, 1.82) is 0 Å². The van der Waals surface area contributed by atoms with E-state index in [1.54, 1.807) is 0 Å². The highest BCUT2D eigenvalue weighted by atomic mass is 16.3. The lowest BCUT2D eigenvalue weighted by Gasteiger charge is -2.12. The predicted molar refractivity (Wildman–Crippen MR) is 73.9 cm³/mol. The first kappa shape index (κ1) is 11.9. The molecule has 3 nitrogen and oxygen atoms in total. The van der Waals surface area contributed by atoms with Crippen molar-refractivity contribution in [2.75, 3.05) is 5.32 Å². The zero-order chi connectivity index (χ0) is 13.2. The molecule has 0 saturated heterocycles. The lowest BCUT2D eigenvalue weighted by molar-refractivity contribution is -0.115. The number of aliphatic hydroxyl groups excluding tert-OH is 1. The fourth-order valence-electron chi connectivity index (χ4n) is 2.41. The molecule has 3 rings (SSSR count). The van der Waals surface area contributed by atoms with Crippen LogP contribution in [-0.4, -0.2) is 11.0 Å². The van der Waals surface area contributed by atoms with Gasteiger partial charge in [0.2, 0.25) is 5.91 Å². The number of aliphatic hydroxyl groups is 1. The quantitative estimate of drug-likeness (QED) is 0.882. The molecule has 1 atom stereocenters. The largest absolute Gasteiger partial charge is 0.388 e. The second-order valence-corrected chi connectivity index (χ2v) is 4.85. The van der Waals surface area contributed by atoms with E-state index in [4.69, 9.17) is 0 Å². The van der Waals surface area contributed by atoms with Gasteiger partial charge in [0.1, 0.15) is 0 Å². The average Bonchev–Trinajstić information content (AvgIpc) is 2.78. The number of carbonyl (C=O) groups excluding carboxylic acids is 1. The van der Waals surface area contributed by atoms with Crippen LogP contribution in [0.25, 0.3) is 0 Å². The number of fused-ring (bicyclic) bond motifs is 1. The van der Waals surface area contributed by atoms with Crippen molar-refractivity contribution in [1.82, 2.24) is 0 Å². The summed E-state index contributed by atoms with van der Waals surface area (Å²) >= 11 is 0. The van der Waals surface area contributed by atoms with Gasteiger partial charge in [-0.05, 0) is 22.8 Å². The Balaban J connectivity index is 1.79. The summed E-state index contributed by atoms with van der Waals surface area (Å²) < 4.78 is 0. The summed E-state index contributed by atoms with van der Waals surface area (Å²) in [6.45, 7) is 0. The van der Waals surface area contributed by atoms with Gasteiger partial charge in [0.05, 0.1) is 12.5 Å². The van der Waals surface area contributed by atoms with Crippen molar-refractivity contribution >= 4 is 11.6 Å². The molecule has 1 unspecified atom stereocenters. The molecule has 19 heavy (non-hydrogen) atoms. The van der Waals surface area contributed by atoms with E-state index >= 15 is 0 Å². The predicted octanol–water partition coefficient (Wildman–Crippen LogP) is 2.46. The second-order valence-electron chi connectivity index (χ2n) is 4.85. The highest BCUT2D eigenvalue weighted by Crippen LogP contribution is 2.27. The Hall–Kier alpha value is -2.13. The highest BCUT2D eigenvalue weighted by molar-refractivity contribution is 5.99. The standard InChI is InChI=1S/C16H15NO2/c18-15(8-11-4-2-1-3-5-11)12-6-7-14-13(9-12)10-16(19)17-14/h1-7,9,15,18H,8,10H2,(H,17,19). The van der Waals surface area contributed by atoms with Crippen LogP contribution in [0.2, 0.25) is 0 Å². The van der Waals surface area contributed by atoms with Gasteiger partial charge in [-0.2, -0.15) is 0 Å². The van der Waals surface area contributed by atoms with Crippen LogP contribution >= 0.6 is 0 Å². The maximum atomic E-state index is 11.3. The fraction of sp³-hybridized carbons (Fsp3) is 0.188. The lowest BCUT2D eigenvalue weighted by Crippen LogP contribution is -2.03. The van der Waals surface area contributed by atoms with Gasteiger partial charge in [0.25, 0.3) is 0 Å². The third-order valence-corrected chi connectivity index (χ3v) is 3.41. The van der Waals surface area contributed by atoms with Crippen molar-refractivity contribution in [2.45, 2.75) is 18.9 Å². The molecule has 3 heteroatoms. The van der Waals surface area contributed by atoms with E-state index in [-0.39, 0.29) is 5.91 Å². The van der Waals surface area contributed by atoms with E-state index in [9.17, 15) is 9.90 Å². The number of carbonyl (C=O) groups is 1. The number of amides is 1. The van der Waals surface area contributed by atoms with E-state index in [0.29, 0.717) is 12.8 Å². The molecule has 0 spiro atoms. The van der Waals surface area contributed by atoms with Crippen molar-refractivity contribution in [3.8, 4) is 0 Å². The molecule has 0 saturated carbocycles. The molecule has 2 N–H and O–H groups in total. The minimum atomic E-state index is -0.539. The summed E-state index contributed by atoms with van der Waals surface area (Å²) in [7, 11) is 0. The Kier molecular flexibility index (Phi) is 3.05. The van der Waals surface area contributed by atoms with E-state index in [1.807, 2.05) is 48.5 Å². The van der Waals surface area contributed by atoms with Gasteiger partial charge in [-0.1, -0.05) is 42.5 Å². The maximum Gasteiger partial charge on any atom is 0.228 e. The molecule has 0 bridgehead atoms. The molecular formula is C16H15NO2. The Bertz CT molecular complexity index is 607. The number of hydrogen-bond donors (Lipinski definition) is 2. The lowest BCUT2D eigenvalue weighted by atomic mass is 9.99. The summed E-state index contributed by atoms with van der Waals surface area (Å²) in [4.78, 5) is 11.3. The van der Waals surface area contributed by atoms with E-state index in [2.05, 4.69) is 5.32 Å². The first-order valence-electron chi connectivity index (χ1n) is 6.37. The van der Waals surface area contributed by atoms with Crippen molar-refractivity contribution in [3.05, 3.63) is 65.2 Å². The van der Waals surface area contributed by atoms with Gasteiger partial charge in [0.15, 0.2) is 0 Å². The molecule has 0 aromatic heterocycles. The number of rotatable bonds is 3. The molecular weight excluding hydrogens is 238 g/mol. The fourth-order valence-corrected chi connectivity index (χ4v) is 2.41. The summed E-state index contributed by atoms with van der Waals surface area (Å²) in [5.74, 6) is 0.0182. The van der Waals surface area contributed by atoms with Gasteiger partial charge >= 0.3 is 0 Å².